The summed E-state index contributed by atoms with van der Waals surface area (Å²) in [5.41, 5.74) is 6.23. The van der Waals surface area contributed by atoms with Gasteiger partial charge in [-0.1, -0.05) is 37.3 Å². The summed E-state index contributed by atoms with van der Waals surface area (Å²) >= 11 is 0. The number of aryl methyl sites for hydroxylation is 1. The van der Waals surface area contributed by atoms with E-state index in [-0.39, 0.29) is 5.91 Å². The minimum atomic E-state index is 0.0433. The number of allylic oxidation sites excluding steroid dienone is 4. The molecule has 1 heterocycles. The quantitative estimate of drug-likeness (QED) is 0.840. The molecule has 0 spiro atoms. The normalized spacial score (nSPS) is 18.3. The molecular weight excluding hydrogens is 284 g/mol. The van der Waals surface area contributed by atoms with E-state index in [1.807, 2.05) is 18.2 Å². The molecule has 1 aromatic rings. The summed E-state index contributed by atoms with van der Waals surface area (Å²) in [6.07, 6.45) is 9.06. The van der Waals surface area contributed by atoms with Gasteiger partial charge in [0.15, 0.2) is 0 Å². The monoisotopic (exact) mass is 306 g/mol. The number of amides is 1. The third-order valence-corrected chi connectivity index (χ3v) is 4.56. The number of hydrogen-bond donors (Lipinski definition) is 1. The van der Waals surface area contributed by atoms with Crippen LogP contribution < -0.4 is 5.32 Å². The van der Waals surface area contributed by atoms with Crippen LogP contribution in [0.1, 0.15) is 47.2 Å². The number of carbonyl (C=O) groups excluding carboxylic acids is 1. The van der Waals surface area contributed by atoms with E-state index in [4.69, 9.17) is 0 Å². The predicted molar refractivity (Wildman–Crippen MR) is 95.7 cm³/mol. The number of hydrogen-bond acceptors (Lipinski definition) is 2. The first-order chi connectivity index (χ1) is 11.2. The molecule has 3 rings (SSSR count). The van der Waals surface area contributed by atoms with Crippen LogP contribution in [0, 0.1) is 0 Å². The van der Waals surface area contributed by atoms with Crippen LogP contribution in [0.2, 0.25) is 0 Å². The van der Waals surface area contributed by atoms with Gasteiger partial charge < -0.3 is 5.32 Å². The van der Waals surface area contributed by atoms with Gasteiger partial charge in [0.05, 0.1) is 5.70 Å². The molecule has 1 amide bonds. The van der Waals surface area contributed by atoms with E-state index in [1.165, 1.54) is 0 Å². The molecule has 1 aromatic carbocycles. The Balaban J connectivity index is 2.00. The Bertz CT molecular complexity index is 725. The first-order valence-corrected chi connectivity index (χ1v) is 8.19. The van der Waals surface area contributed by atoms with Crippen molar-refractivity contribution in [2.45, 2.75) is 32.1 Å². The Morgan fingerprint density at radius 3 is 2.87 bits per heavy atom. The highest BCUT2D eigenvalue weighted by Crippen LogP contribution is 2.35. The zero-order valence-electron chi connectivity index (χ0n) is 13.4. The number of nitrogens with zero attached hydrogens (tertiary/aromatic N) is 1. The lowest BCUT2D eigenvalue weighted by Gasteiger charge is -2.12. The van der Waals surface area contributed by atoms with Crippen LogP contribution in [0.3, 0.4) is 0 Å². The lowest BCUT2D eigenvalue weighted by Crippen LogP contribution is -2.24. The van der Waals surface area contributed by atoms with Crippen LogP contribution in [0.15, 0.2) is 53.2 Å². The standard InChI is InChI=1S/C20H22N2O/c1-3-16-17(10-11-19(16)21-2)15-8-9-18-14(13-15)7-5-4-6-12-22-20(18)23/h3,8-10,13H,1-2,4-7,11-12H2,(H,22,23). The number of aliphatic imine (C=N–C) groups is 1. The third-order valence-electron chi connectivity index (χ3n) is 4.56. The molecule has 1 aliphatic carbocycles. The van der Waals surface area contributed by atoms with Gasteiger partial charge >= 0.3 is 0 Å². The predicted octanol–water partition coefficient (Wildman–Crippen LogP) is 4.07. The van der Waals surface area contributed by atoms with Crippen LogP contribution in [-0.4, -0.2) is 19.2 Å². The molecule has 2 aliphatic rings. The highest BCUT2D eigenvalue weighted by Gasteiger charge is 2.19. The van der Waals surface area contributed by atoms with Gasteiger partial charge in [-0.3, -0.25) is 9.79 Å². The SMILES string of the molecule is C=CC1=C(N=C)CC=C1c1ccc2c(c1)CCCCCNC2=O. The molecule has 0 saturated heterocycles. The molecule has 23 heavy (non-hydrogen) atoms. The second-order valence-electron chi connectivity index (χ2n) is 5.98. The molecule has 118 valence electrons. The highest BCUT2D eigenvalue weighted by atomic mass is 16.1. The van der Waals surface area contributed by atoms with Crippen molar-refractivity contribution in [2.24, 2.45) is 4.99 Å². The second-order valence-corrected chi connectivity index (χ2v) is 5.98. The lowest BCUT2D eigenvalue weighted by atomic mass is 9.93. The Morgan fingerprint density at radius 2 is 2.09 bits per heavy atom. The average Bonchev–Trinajstić information content (AvgIpc) is 3.02. The molecule has 0 bridgehead atoms. The average molecular weight is 306 g/mol. The Kier molecular flexibility index (Phi) is 4.56. The largest absolute Gasteiger partial charge is 0.352 e. The molecule has 0 atom stereocenters. The van der Waals surface area contributed by atoms with Gasteiger partial charge in [0.2, 0.25) is 0 Å². The van der Waals surface area contributed by atoms with E-state index in [0.29, 0.717) is 0 Å². The van der Waals surface area contributed by atoms with E-state index < -0.39 is 0 Å². The fraction of sp³-hybridized carbons (Fsp3) is 0.300. The molecule has 0 radical (unpaired) electrons. The Morgan fingerprint density at radius 1 is 1.22 bits per heavy atom. The number of benzene rings is 1. The second kappa shape index (κ2) is 6.78. The number of nitrogens with one attached hydrogen (secondary N) is 1. The van der Waals surface area contributed by atoms with Crippen molar-refractivity contribution < 1.29 is 4.79 Å². The maximum Gasteiger partial charge on any atom is 0.251 e. The Labute approximate surface area is 137 Å². The minimum Gasteiger partial charge on any atom is -0.352 e. The summed E-state index contributed by atoms with van der Waals surface area (Å²) < 4.78 is 0. The maximum absolute atomic E-state index is 12.3. The van der Waals surface area contributed by atoms with Crippen molar-refractivity contribution in [2.75, 3.05) is 6.54 Å². The zero-order valence-corrected chi connectivity index (χ0v) is 13.4. The Hall–Kier alpha value is -2.42. The van der Waals surface area contributed by atoms with Gasteiger partial charge in [-0.2, -0.15) is 0 Å². The van der Waals surface area contributed by atoms with Crippen LogP contribution in [-0.2, 0) is 6.42 Å². The molecule has 3 heteroatoms. The zero-order chi connectivity index (χ0) is 16.2. The van der Waals surface area contributed by atoms with Gasteiger partial charge in [0, 0.05) is 24.1 Å². The van der Waals surface area contributed by atoms with Gasteiger partial charge in [-0.25, -0.2) is 0 Å². The van der Waals surface area contributed by atoms with Gasteiger partial charge in [0.1, 0.15) is 0 Å². The molecule has 0 aromatic heterocycles. The highest BCUT2D eigenvalue weighted by molar-refractivity contribution is 5.96. The van der Waals surface area contributed by atoms with Crippen molar-refractivity contribution in [3.05, 3.63) is 64.9 Å². The van der Waals surface area contributed by atoms with Crippen molar-refractivity contribution >= 4 is 18.2 Å². The summed E-state index contributed by atoms with van der Waals surface area (Å²) in [4.78, 5) is 16.4. The first-order valence-electron chi connectivity index (χ1n) is 8.19. The lowest BCUT2D eigenvalue weighted by molar-refractivity contribution is 0.0953. The maximum atomic E-state index is 12.3. The minimum absolute atomic E-state index is 0.0433. The van der Waals surface area contributed by atoms with Gasteiger partial charge in [-0.15, -0.1) is 0 Å². The topological polar surface area (TPSA) is 41.5 Å². The van der Waals surface area contributed by atoms with Crippen LogP contribution in [0.5, 0.6) is 0 Å². The first kappa shape index (κ1) is 15.5. The fourth-order valence-corrected chi connectivity index (χ4v) is 3.33. The van der Waals surface area contributed by atoms with E-state index >= 15 is 0 Å². The van der Waals surface area contributed by atoms with Crippen molar-refractivity contribution in [1.29, 1.82) is 0 Å². The molecule has 0 unspecified atom stereocenters. The van der Waals surface area contributed by atoms with Gasteiger partial charge in [-0.05, 0) is 48.7 Å². The van der Waals surface area contributed by atoms with Crippen molar-refractivity contribution in [3.63, 3.8) is 0 Å². The summed E-state index contributed by atoms with van der Waals surface area (Å²) in [5.74, 6) is 0.0433. The fourth-order valence-electron chi connectivity index (χ4n) is 3.33. The smallest absolute Gasteiger partial charge is 0.251 e. The van der Waals surface area contributed by atoms with Gasteiger partial charge in [0.25, 0.3) is 5.91 Å². The summed E-state index contributed by atoms with van der Waals surface area (Å²) in [6, 6.07) is 6.13. The summed E-state index contributed by atoms with van der Waals surface area (Å²) in [6.45, 7) is 8.31. The number of carbonyl (C=O) groups is 1. The van der Waals surface area contributed by atoms with E-state index in [2.05, 4.69) is 35.7 Å². The third kappa shape index (κ3) is 3.04. The number of rotatable bonds is 3. The van der Waals surface area contributed by atoms with E-state index in [9.17, 15) is 4.79 Å². The van der Waals surface area contributed by atoms with Crippen LogP contribution in [0.25, 0.3) is 5.57 Å². The van der Waals surface area contributed by atoms with E-state index in [0.717, 1.165) is 72.2 Å². The summed E-state index contributed by atoms with van der Waals surface area (Å²) in [5, 5.41) is 3.00. The van der Waals surface area contributed by atoms with Crippen LogP contribution in [0.4, 0.5) is 0 Å². The molecule has 1 aliphatic heterocycles. The van der Waals surface area contributed by atoms with Crippen molar-refractivity contribution in [1.82, 2.24) is 5.32 Å². The summed E-state index contributed by atoms with van der Waals surface area (Å²) in [7, 11) is 0. The molecule has 1 N–H and O–H groups in total. The van der Waals surface area contributed by atoms with Crippen LogP contribution >= 0.6 is 0 Å². The molecular formula is C20H22N2O. The van der Waals surface area contributed by atoms with Crippen molar-refractivity contribution in [3.8, 4) is 0 Å². The number of fused-ring (bicyclic) bond motifs is 1. The molecule has 0 saturated carbocycles. The van der Waals surface area contributed by atoms with E-state index in [1.54, 1.807) is 0 Å². The molecule has 0 fully saturated rings. The molecule has 3 nitrogen and oxygen atoms in total.